The predicted octanol–water partition coefficient (Wildman–Crippen LogP) is 2.11. The van der Waals surface area contributed by atoms with Crippen molar-refractivity contribution >= 4 is 11.6 Å². The van der Waals surface area contributed by atoms with E-state index in [4.69, 9.17) is 9.47 Å². The van der Waals surface area contributed by atoms with Crippen LogP contribution in [0.2, 0.25) is 0 Å². The second-order valence-corrected chi connectivity index (χ2v) is 7.04. The maximum atomic E-state index is 12.0. The summed E-state index contributed by atoms with van der Waals surface area (Å²) in [5, 5.41) is 6.61. The molecule has 25 heavy (non-hydrogen) atoms. The monoisotopic (exact) mass is 347 g/mol. The van der Waals surface area contributed by atoms with Crippen LogP contribution in [0.3, 0.4) is 0 Å². The molecule has 1 aliphatic carbocycles. The molecule has 0 radical (unpaired) electrons. The lowest BCUT2D eigenvalue weighted by Gasteiger charge is -2.32. The minimum Gasteiger partial charge on any atom is -0.497 e. The normalized spacial score (nSPS) is 18.6. The van der Waals surface area contributed by atoms with Gasteiger partial charge in [0.1, 0.15) is 11.5 Å². The molecule has 6 heteroatoms. The molecule has 3 rings (SSSR count). The van der Waals surface area contributed by atoms with Crippen molar-refractivity contribution in [3.05, 3.63) is 18.2 Å². The molecule has 6 nitrogen and oxygen atoms in total. The van der Waals surface area contributed by atoms with Crippen molar-refractivity contribution in [2.75, 3.05) is 45.7 Å². The molecule has 0 aromatic heterocycles. The third kappa shape index (κ3) is 5.53. The van der Waals surface area contributed by atoms with Crippen molar-refractivity contribution in [2.45, 2.75) is 31.7 Å². The second-order valence-electron chi connectivity index (χ2n) is 7.04. The predicted molar refractivity (Wildman–Crippen MR) is 98.4 cm³/mol. The lowest BCUT2D eigenvalue weighted by molar-refractivity contribution is -0.122. The highest BCUT2D eigenvalue weighted by Gasteiger charge is 2.24. The molecule has 1 saturated carbocycles. The van der Waals surface area contributed by atoms with Gasteiger partial charge in [0.2, 0.25) is 5.91 Å². The summed E-state index contributed by atoms with van der Waals surface area (Å²) >= 11 is 0. The number of carbonyl (C=O) groups excluding carboxylic acids is 1. The Morgan fingerprint density at radius 1 is 1.08 bits per heavy atom. The Morgan fingerprint density at radius 2 is 1.72 bits per heavy atom. The standard InChI is InChI=1S/C19H29N3O3/c1-24-17-9-16(10-18(11-17)25-2)21-15-5-7-22(8-6-15)13-19(23)20-12-14-3-4-14/h9-11,14-15,21H,3-8,12-13H2,1-2H3,(H,20,23). The van der Waals surface area contributed by atoms with Gasteiger partial charge in [0, 0.05) is 49.6 Å². The molecule has 138 valence electrons. The van der Waals surface area contributed by atoms with Crippen LogP contribution in [0.15, 0.2) is 18.2 Å². The zero-order valence-corrected chi connectivity index (χ0v) is 15.2. The van der Waals surface area contributed by atoms with Gasteiger partial charge in [-0.3, -0.25) is 9.69 Å². The summed E-state index contributed by atoms with van der Waals surface area (Å²) in [5.74, 6) is 2.47. The first kappa shape index (κ1) is 17.9. The van der Waals surface area contributed by atoms with Crippen LogP contribution in [0.25, 0.3) is 0 Å². The maximum Gasteiger partial charge on any atom is 0.234 e. The van der Waals surface area contributed by atoms with Crippen molar-refractivity contribution in [2.24, 2.45) is 5.92 Å². The first-order valence-corrected chi connectivity index (χ1v) is 9.15. The number of nitrogens with zero attached hydrogens (tertiary/aromatic N) is 1. The third-order valence-corrected chi connectivity index (χ3v) is 4.96. The summed E-state index contributed by atoms with van der Waals surface area (Å²) in [6, 6.07) is 6.25. The molecule has 2 fully saturated rings. The average molecular weight is 347 g/mol. The van der Waals surface area contributed by atoms with Crippen LogP contribution in [0, 0.1) is 5.92 Å². The average Bonchev–Trinajstić information content (AvgIpc) is 3.46. The Morgan fingerprint density at radius 3 is 2.28 bits per heavy atom. The minimum absolute atomic E-state index is 0.163. The van der Waals surface area contributed by atoms with E-state index in [9.17, 15) is 4.79 Å². The summed E-state index contributed by atoms with van der Waals surface area (Å²) in [7, 11) is 3.32. The summed E-state index contributed by atoms with van der Waals surface area (Å²) < 4.78 is 10.6. The van der Waals surface area contributed by atoms with Crippen molar-refractivity contribution in [3.8, 4) is 11.5 Å². The van der Waals surface area contributed by atoms with E-state index >= 15 is 0 Å². The van der Waals surface area contributed by atoms with E-state index in [2.05, 4.69) is 15.5 Å². The number of methoxy groups -OCH3 is 2. The molecule has 1 aromatic rings. The summed E-state index contributed by atoms with van der Waals surface area (Å²) in [6.45, 7) is 3.26. The van der Waals surface area contributed by atoms with Crippen LogP contribution < -0.4 is 20.1 Å². The molecule has 1 heterocycles. The fourth-order valence-electron chi connectivity index (χ4n) is 3.20. The molecule has 0 bridgehead atoms. The topological polar surface area (TPSA) is 62.8 Å². The number of benzene rings is 1. The van der Waals surface area contributed by atoms with Gasteiger partial charge < -0.3 is 20.1 Å². The Balaban J connectivity index is 1.43. The molecule has 2 aliphatic rings. The first-order chi connectivity index (χ1) is 12.2. The van der Waals surface area contributed by atoms with Gasteiger partial charge in [-0.05, 0) is 31.6 Å². The van der Waals surface area contributed by atoms with Crippen molar-refractivity contribution in [1.29, 1.82) is 0 Å². The zero-order valence-electron chi connectivity index (χ0n) is 15.2. The van der Waals surface area contributed by atoms with Gasteiger partial charge in [0.25, 0.3) is 0 Å². The van der Waals surface area contributed by atoms with E-state index in [0.29, 0.717) is 12.6 Å². The maximum absolute atomic E-state index is 12.0. The highest BCUT2D eigenvalue weighted by Crippen LogP contribution is 2.28. The molecule has 2 N–H and O–H groups in total. The Labute approximate surface area is 149 Å². The third-order valence-electron chi connectivity index (χ3n) is 4.96. The molecule has 0 atom stereocenters. The number of nitrogens with one attached hydrogen (secondary N) is 2. The van der Waals surface area contributed by atoms with Gasteiger partial charge in [-0.2, -0.15) is 0 Å². The fraction of sp³-hybridized carbons (Fsp3) is 0.632. The quantitative estimate of drug-likeness (QED) is 0.754. The highest BCUT2D eigenvalue weighted by molar-refractivity contribution is 5.78. The van der Waals surface area contributed by atoms with Gasteiger partial charge in [0.15, 0.2) is 0 Å². The van der Waals surface area contributed by atoms with E-state index < -0.39 is 0 Å². The van der Waals surface area contributed by atoms with Gasteiger partial charge in [-0.25, -0.2) is 0 Å². The number of carbonyl (C=O) groups is 1. The number of hydrogen-bond acceptors (Lipinski definition) is 5. The molecular weight excluding hydrogens is 318 g/mol. The minimum atomic E-state index is 0.163. The van der Waals surface area contributed by atoms with E-state index in [0.717, 1.165) is 55.6 Å². The van der Waals surface area contributed by atoms with E-state index in [-0.39, 0.29) is 5.91 Å². The molecular formula is C19H29N3O3. The molecule has 1 aromatic carbocycles. The number of piperidine rings is 1. The number of anilines is 1. The fourth-order valence-corrected chi connectivity index (χ4v) is 3.20. The van der Waals surface area contributed by atoms with Crippen LogP contribution in [0.5, 0.6) is 11.5 Å². The van der Waals surface area contributed by atoms with Crippen molar-refractivity contribution < 1.29 is 14.3 Å². The van der Waals surface area contributed by atoms with Crippen LogP contribution in [0.4, 0.5) is 5.69 Å². The lowest BCUT2D eigenvalue weighted by atomic mass is 10.0. The van der Waals surface area contributed by atoms with Crippen LogP contribution in [-0.4, -0.2) is 57.2 Å². The van der Waals surface area contributed by atoms with Gasteiger partial charge >= 0.3 is 0 Å². The molecule has 1 amide bonds. The van der Waals surface area contributed by atoms with Gasteiger partial charge in [0.05, 0.1) is 20.8 Å². The number of amides is 1. The molecule has 0 spiro atoms. The highest BCUT2D eigenvalue weighted by atomic mass is 16.5. The Hall–Kier alpha value is -1.95. The lowest BCUT2D eigenvalue weighted by Crippen LogP contribution is -2.44. The Bertz CT molecular complexity index is 559. The molecule has 0 unspecified atom stereocenters. The Kier molecular flexibility index (Phi) is 6.02. The van der Waals surface area contributed by atoms with Crippen LogP contribution >= 0.6 is 0 Å². The molecule has 1 saturated heterocycles. The van der Waals surface area contributed by atoms with Crippen LogP contribution in [-0.2, 0) is 4.79 Å². The number of ether oxygens (including phenoxy) is 2. The number of hydrogen-bond donors (Lipinski definition) is 2. The van der Waals surface area contributed by atoms with Crippen molar-refractivity contribution in [3.63, 3.8) is 0 Å². The first-order valence-electron chi connectivity index (χ1n) is 9.15. The zero-order chi connectivity index (χ0) is 17.6. The number of likely N-dealkylation sites (tertiary alicyclic amines) is 1. The summed E-state index contributed by atoms with van der Waals surface area (Å²) in [5.41, 5.74) is 1.01. The van der Waals surface area contributed by atoms with E-state index in [1.807, 2.05) is 18.2 Å². The van der Waals surface area contributed by atoms with Crippen molar-refractivity contribution in [1.82, 2.24) is 10.2 Å². The van der Waals surface area contributed by atoms with Gasteiger partial charge in [-0.15, -0.1) is 0 Å². The number of rotatable bonds is 8. The smallest absolute Gasteiger partial charge is 0.234 e. The largest absolute Gasteiger partial charge is 0.497 e. The second kappa shape index (κ2) is 8.43. The van der Waals surface area contributed by atoms with E-state index in [1.54, 1.807) is 14.2 Å². The summed E-state index contributed by atoms with van der Waals surface area (Å²) in [6.07, 6.45) is 4.59. The van der Waals surface area contributed by atoms with E-state index in [1.165, 1.54) is 12.8 Å². The summed E-state index contributed by atoms with van der Waals surface area (Å²) in [4.78, 5) is 14.2. The van der Waals surface area contributed by atoms with Crippen LogP contribution in [0.1, 0.15) is 25.7 Å². The molecule has 1 aliphatic heterocycles. The van der Waals surface area contributed by atoms with Gasteiger partial charge in [-0.1, -0.05) is 0 Å². The SMILES string of the molecule is COc1cc(NC2CCN(CC(=O)NCC3CC3)CC2)cc(OC)c1.